The summed E-state index contributed by atoms with van der Waals surface area (Å²) in [7, 11) is 3.95. The first-order valence-corrected chi connectivity index (χ1v) is 10.8. The molecule has 1 aromatic carbocycles. The van der Waals surface area contributed by atoms with Gasteiger partial charge in [-0.15, -0.1) is 24.0 Å². The highest BCUT2D eigenvalue weighted by molar-refractivity contribution is 14.0. The second-order valence-electron chi connectivity index (χ2n) is 8.17. The van der Waals surface area contributed by atoms with Gasteiger partial charge in [-0.25, -0.2) is 4.99 Å². The van der Waals surface area contributed by atoms with Crippen LogP contribution in [0.4, 0.5) is 5.69 Å². The molecule has 31 heavy (non-hydrogen) atoms. The maximum atomic E-state index is 13.0. The molecule has 2 heterocycles. The highest BCUT2D eigenvalue weighted by Gasteiger charge is 2.22. The minimum absolute atomic E-state index is 0. The Labute approximate surface area is 202 Å². The van der Waals surface area contributed by atoms with Gasteiger partial charge in [0.1, 0.15) is 6.54 Å². The number of para-hydroxylation sites is 1. The molecule has 3 rings (SSSR count). The third kappa shape index (κ3) is 6.21. The molecule has 1 aliphatic rings. The molecule has 1 amide bonds. The molecule has 7 nitrogen and oxygen atoms in total. The van der Waals surface area contributed by atoms with Crippen molar-refractivity contribution in [1.82, 2.24) is 20.0 Å². The monoisotopic (exact) mass is 538 g/mol. The van der Waals surface area contributed by atoms with Crippen LogP contribution in [0.15, 0.2) is 35.5 Å². The van der Waals surface area contributed by atoms with Gasteiger partial charge in [-0.1, -0.05) is 32.0 Å². The molecule has 0 saturated carbocycles. The fourth-order valence-electron chi connectivity index (χ4n) is 3.98. The summed E-state index contributed by atoms with van der Waals surface area (Å²) < 4.78 is 1.86. The lowest BCUT2D eigenvalue weighted by Crippen LogP contribution is -2.41. The lowest BCUT2D eigenvalue weighted by atomic mass is 10.0. The number of amides is 1. The van der Waals surface area contributed by atoms with Crippen LogP contribution in [-0.2, 0) is 24.8 Å². The summed E-state index contributed by atoms with van der Waals surface area (Å²) in [6.45, 7) is 8.66. The normalized spacial score (nSPS) is 13.6. The van der Waals surface area contributed by atoms with Crippen LogP contribution >= 0.6 is 24.0 Å². The summed E-state index contributed by atoms with van der Waals surface area (Å²) in [4.78, 5) is 21.5. The van der Waals surface area contributed by atoms with Crippen molar-refractivity contribution in [3.63, 3.8) is 0 Å². The predicted molar refractivity (Wildman–Crippen MR) is 137 cm³/mol. The van der Waals surface area contributed by atoms with Gasteiger partial charge < -0.3 is 15.1 Å². The van der Waals surface area contributed by atoms with Crippen molar-refractivity contribution in [2.24, 2.45) is 12.0 Å². The fourth-order valence-corrected chi connectivity index (χ4v) is 3.98. The summed E-state index contributed by atoms with van der Waals surface area (Å²) in [5.74, 6) is 1.12. The van der Waals surface area contributed by atoms with Gasteiger partial charge in [0.15, 0.2) is 5.96 Å². The number of fused-ring (bicyclic) bond motifs is 1. The zero-order valence-corrected chi connectivity index (χ0v) is 21.6. The zero-order chi connectivity index (χ0) is 21.7. The van der Waals surface area contributed by atoms with Crippen molar-refractivity contribution in [3.8, 4) is 0 Å². The van der Waals surface area contributed by atoms with Gasteiger partial charge in [0, 0.05) is 51.2 Å². The molecule has 8 heteroatoms. The van der Waals surface area contributed by atoms with Crippen LogP contribution in [0.2, 0.25) is 0 Å². The number of aryl methyl sites for hydroxylation is 2. The second kappa shape index (κ2) is 11.5. The smallest absolute Gasteiger partial charge is 0.248 e. The minimum atomic E-state index is 0. The molecule has 0 atom stereocenters. The molecule has 0 fully saturated rings. The standard InChI is InChI=1S/C23H34N6O.HI/c1-6-24-23(27(4)15-19-16-28(5)26-22(19)17(2)3)25-14-21(30)29-13-9-11-18-10-7-8-12-20(18)29;/h7-8,10,12,16-17H,6,9,11,13-15H2,1-5H3,(H,24,25);1H. The molecular weight excluding hydrogens is 503 g/mol. The number of guanidine groups is 1. The summed E-state index contributed by atoms with van der Waals surface area (Å²) >= 11 is 0. The lowest BCUT2D eigenvalue weighted by molar-refractivity contribution is -0.117. The molecule has 0 saturated heterocycles. The number of halogens is 1. The molecule has 0 radical (unpaired) electrons. The van der Waals surface area contributed by atoms with E-state index in [1.165, 1.54) is 11.1 Å². The van der Waals surface area contributed by atoms with Gasteiger partial charge in [0.2, 0.25) is 5.91 Å². The number of aliphatic imine (C=N–C) groups is 1. The average Bonchev–Trinajstić information content (AvgIpc) is 3.10. The van der Waals surface area contributed by atoms with Crippen molar-refractivity contribution in [1.29, 1.82) is 0 Å². The Hall–Kier alpha value is -2.10. The van der Waals surface area contributed by atoms with E-state index in [2.05, 4.69) is 46.4 Å². The molecule has 1 aromatic heterocycles. The third-order valence-electron chi connectivity index (χ3n) is 5.36. The number of carbonyl (C=O) groups is 1. The van der Waals surface area contributed by atoms with Gasteiger partial charge in [-0.2, -0.15) is 5.10 Å². The quantitative estimate of drug-likeness (QED) is 0.347. The van der Waals surface area contributed by atoms with Gasteiger partial charge >= 0.3 is 0 Å². The fraction of sp³-hybridized carbons (Fsp3) is 0.522. The summed E-state index contributed by atoms with van der Waals surface area (Å²) in [5.41, 5.74) is 4.54. The number of nitrogens with one attached hydrogen (secondary N) is 1. The Balaban J connectivity index is 0.00000341. The lowest BCUT2D eigenvalue weighted by Gasteiger charge is -2.29. The summed E-state index contributed by atoms with van der Waals surface area (Å²) in [6, 6.07) is 8.16. The van der Waals surface area contributed by atoms with Gasteiger partial charge in [-0.3, -0.25) is 9.48 Å². The van der Waals surface area contributed by atoms with E-state index in [-0.39, 0.29) is 36.4 Å². The van der Waals surface area contributed by atoms with Gasteiger partial charge in [0.25, 0.3) is 0 Å². The third-order valence-corrected chi connectivity index (χ3v) is 5.36. The first-order valence-electron chi connectivity index (χ1n) is 10.8. The Morgan fingerprint density at radius 1 is 1.32 bits per heavy atom. The van der Waals surface area contributed by atoms with Gasteiger partial charge in [0.05, 0.1) is 5.69 Å². The van der Waals surface area contributed by atoms with E-state index in [0.717, 1.165) is 43.3 Å². The Morgan fingerprint density at radius 3 is 2.77 bits per heavy atom. The maximum absolute atomic E-state index is 13.0. The largest absolute Gasteiger partial charge is 0.357 e. The molecule has 0 aliphatic carbocycles. The number of hydrogen-bond acceptors (Lipinski definition) is 3. The van der Waals surface area contributed by atoms with Crippen molar-refractivity contribution >= 4 is 41.5 Å². The molecule has 1 aliphatic heterocycles. The van der Waals surface area contributed by atoms with E-state index in [9.17, 15) is 4.79 Å². The average molecular weight is 538 g/mol. The first-order chi connectivity index (χ1) is 14.4. The van der Waals surface area contributed by atoms with Crippen LogP contribution in [0.5, 0.6) is 0 Å². The SMILES string of the molecule is CCNC(=NCC(=O)N1CCCc2ccccc21)N(C)Cc1cn(C)nc1C(C)C.I. The van der Waals surface area contributed by atoms with Crippen molar-refractivity contribution in [2.45, 2.75) is 46.1 Å². The van der Waals surface area contributed by atoms with Crippen molar-refractivity contribution < 1.29 is 4.79 Å². The number of anilines is 1. The second-order valence-corrected chi connectivity index (χ2v) is 8.17. The Morgan fingerprint density at radius 2 is 2.06 bits per heavy atom. The topological polar surface area (TPSA) is 65.8 Å². The van der Waals surface area contributed by atoms with E-state index >= 15 is 0 Å². The zero-order valence-electron chi connectivity index (χ0n) is 19.3. The van der Waals surface area contributed by atoms with E-state index in [1.54, 1.807) is 0 Å². The summed E-state index contributed by atoms with van der Waals surface area (Å²) in [6.07, 6.45) is 4.08. The number of aromatic nitrogens is 2. The van der Waals surface area contributed by atoms with E-state index < -0.39 is 0 Å². The number of benzene rings is 1. The van der Waals surface area contributed by atoms with E-state index in [0.29, 0.717) is 12.5 Å². The highest BCUT2D eigenvalue weighted by Crippen LogP contribution is 2.26. The number of hydrogen-bond donors (Lipinski definition) is 1. The van der Waals surface area contributed by atoms with Crippen LogP contribution in [0, 0.1) is 0 Å². The summed E-state index contributed by atoms with van der Waals surface area (Å²) in [5, 5.41) is 7.91. The van der Waals surface area contributed by atoms with Crippen LogP contribution < -0.4 is 10.2 Å². The van der Waals surface area contributed by atoms with Crippen LogP contribution in [0.25, 0.3) is 0 Å². The first kappa shape index (κ1) is 25.2. The molecule has 0 unspecified atom stereocenters. The number of rotatable bonds is 6. The minimum Gasteiger partial charge on any atom is -0.357 e. The van der Waals surface area contributed by atoms with E-state index in [4.69, 9.17) is 0 Å². The number of carbonyl (C=O) groups excluding carboxylic acids is 1. The van der Waals surface area contributed by atoms with Crippen LogP contribution in [-0.4, -0.2) is 53.2 Å². The number of nitrogens with zero attached hydrogens (tertiary/aromatic N) is 5. The predicted octanol–water partition coefficient (Wildman–Crippen LogP) is 3.54. The molecule has 1 N–H and O–H groups in total. The van der Waals surface area contributed by atoms with Crippen LogP contribution in [0.3, 0.4) is 0 Å². The molecule has 2 aromatic rings. The molecule has 0 bridgehead atoms. The molecule has 170 valence electrons. The van der Waals surface area contributed by atoms with Crippen molar-refractivity contribution in [3.05, 3.63) is 47.3 Å². The van der Waals surface area contributed by atoms with Crippen molar-refractivity contribution in [2.75, 3.05) is 31.6 Å². The highest BCUT2D eigenvalue weighted by atomic mass is 127. The Bertz CT molecular complexity index is 907. The molecular formula is C23H35IN6O. The Kier molecular flexibility index (Phi) is 9.33. The molecule has 0 spiro atoms. The van der Waals surface area contributed by atoms with Gasteiger partial charge in [-0.05, 0) is 37.3 Å². The maximum Gasteiger partial charge on any atom is 0.248 e. The van der Waals surface area contributed by atoms with E-state index in [1.807, 2.05) is 48.8 Å². The van der Waals surface area contributed by atoms with Crippen LogP contribution in [0.1, 0.15) is 49.9 Å².